The van der Waals surface area contributed by atoms with Crippen molar-refractivity contribution >= 4 is 17.4 Å². The van der Waals surface area contributed by atoms with E-state index in [0.29, 0.717) is 0 Å². The van der Waals surface area contributed by atoms with Crippen molar-refractivity contribution in [1.29, 1.82) is 0 Å². The fourth-order valence-corrected chi connectivity index (χ4v) is 0. The highest BCUT2D eigenvalue weighted by atomic mass is 27.0. The van der Waals surface area contributed by atoms with E-state index in [1.165, 1.54) is 17.8 Å². The van der Waals surface area contributed by atoms with E-state index in [2.05, 4.69) is 62.3 Å². The van der Waals surface area contributed by atoms with Crippen LogP contribution in [0.5, 0.6) is 0 Å². The summed E-state index contributed by atoms with van der Waals surface area (Å²) in [6.07, 6.45) is 0. The van der Waals surface area contributed by atoms with Gasteiger partial charge in [-0.2, -0.15) is 0 Å². The first-order chi connectivity index (χ1) is 5.20. The topological polar surface area (TPSA) is 0 Å². The molecule has 0 N–H and O–H groups in total. The Morgan fingerprint density at radius 3 is 0.385 bits per heavy atom. The average molecular weight is 198 g/mol. The molecular formula is C12H27Al. The summed E-state index contributed by atoms with van der Waals surface area (Å²) < 4.78 is 0. The Morgan fingerprint density at radius 2 is 0.385 bits per heavy atom. The molecule has 0 saturated carbocycles. The van der Waals surface area contributed by atoms with Gasteiger partial charge in [0, 0.05) is 17.4 Å². The number of hydrogen-bond acceptors (Lipinski definition) is 0. The van der Waals surface area contributed by atoms with Gasteiger partial charge in [0.05, 0.1) is 0 Å². The quantitative estimate of drug-likeness (QED) is 0.503. The lowest BCUT2D eigenvalue weighted by Gasteiger charge is -1.78. The van der Waals surface area contributed by atoms with Crippen LogP contribution in [0, 0.1) is 17.8 Å². The zero-order valence-electron chi connectivity index (χ0n) is 11.1. The van der Waals surface area contributed by atoms with Gasteiger partial charge in [0.2, 0.25) is 0 Å². The van der Waals surface area contributed by atoms with Crippen LogP contribution in [0.15, 0.2) is 0 Å². The summed E-state index contributed by atoms with van der Waals surface area (Å²) in [5.41, 5.74) is 0. The molecule has 0 bridgehead atoms. The van der Waals surface area contributed by atoms with Crippen molar-refractivity contribution in [3.8, 4) is 0 Å². The molecule has 6 radical (unpaired) electrons. The molecule has 1 heteroatoms. The minimum absolute atomic E-state index is 0. The Hall–Kier alpha value is 0.532. The first-order valence-corrected chi connectivity index (χ1v) is 4.50. The Labute approximate surface area is 97.6 Å². The van der Waals surface area contributed by atoms with Crippen LogP contribution in [0.1, 0.15) is 62.3 Å². The van der Waals surface area contributed by atoms with E-state index in [-0.39, 0.29) is 17.4 Å². The summed E-state index contributed by atoms with van der Waals surface area (Å²) >= 11 is 0. The van der Waals surface area contributed by atoms with Crippen molar-refractivity contribution in [2.45, 2.75) is 62.3 Å². The van der Waals surface area contributed by atoms with Crippen molar-refractivity contribution in [2.24, 2.45) is 0 Å². The third kappa shape index (κ3) is 4900. The molecule has 0 rings (SSSR count). The lowest BCUT2D eigenvalue weighted by Crippen LogP contribution is -1.62. The van der Waals surface area contributed by atoms with Crippen LogP contribution < -0.4 is 0 Å². The Balaban J connectivity index is -0.0000000450. The molecule has 0 aliphatic rings. The second kappa shape index (κ2) is 18.3. The van der Waals surface area contributed by atoms with Gasteiger partial charge in [-0.05, 0) is 17.8 Å². The van der Waals surface area contributed by atoms with E-state index in [9.17, 15) is 0 Å². The van der Waals surface area contributed by atoms with Gasteiger partial charge < -0.3 is 0 Å². The molecule has 0 aromatic rings. The van der Waals surface area contributed by atoms with Crippen LogP contribution in [0.3, 0.4) is 0 Å². The Morgan fingerprint density at radius 1 is 0.385 bits per heavy atom. The minimum atomic E-state index is 0. The third-order valence-corrected chi connectivity index (χ3v) is 0. The first-order valence-electron chi connectivity index (χ1n) is 4.50. The predicted molar refractivity (Wildman–Crippen MR) is 66.5 cm³/mol. The van der Waals surface area contributed by atoms with Crippen LogP contribution in [-0.2, 0) is 0 Å². The number of hydrogen-bond donors (Lipinski definition) is 0. The third-order valence-electron chi connectivity index (χ3n) is 0. The molecule has 0 heterocycles. The van der Waals surface area contributed by atoms with Crippen molar-refractivity contribution in [2.75, 3.05) is 0 Å². The molecule has 0 spiro atoms. The van der Waals surface area contributed by atoms with Gasteiger partial charge in [-0.1, -0.05) is 62.3 Å². The number of rotatable bonds is 0. The molecular weight excluding hydrogens is 171 g/mol. The molecule has 0 nitrogen and oxygen atoms in total. The molecule has 78 valence electrons. The maximum absolute atomic E-state index is 2.08. The normalized spacial score (nSPS) is 8.31. The summed E-state index contributed by atoms with van der Waals surface area (Å²) in [5, 5.41) is 0. The van der Waals surface area contributed by atoms with Crippen molar-refractivity contribution in [3.63, 3.8) is 0 Å². The fourth-order valence-electron chi connectivity index (χ4n) is 0. The lowest BCUT2D eigenvalue weighted by atomic mass is 10.3. The molecule has 0 aromatic heterocycles. The highest BCUT2D eigenvalue weighted by Gasteiger charge is 1.69. The van der Waals surface area contributed by atoms with E-state index in [4.69, 9.17) is 0 Å². The second-order valence-electron chi connectivity index (χ2n) is 4.50. The van der Waals surface area contributed by atoms with E-state index in [0.717, 1.165) is 0 Å². The second-order valence-corrected chi connectivity index (χ2v) is 4.50. The van der Waals surface area contributed by atoms with Gasteiger partial charge in [-0.3, -0.25) is 0 Å². The van der Waals surface area contributed by atoms with Crippen LogP contribution >= 0.6 is 0 Å². The van der Waals surface area contributed by atoms with Gasteiger partial charge in [0.15, 0.2) is 0 Å². The Bertz CT molecular complexity index is 33.6. The summed E-state index contributed by atoms with van der Waals surface area (Å²) in [7, 11) is 0. The van der Waals surface area contributed by atoms with Crippen molar-refractivity contribution in [3.05, 3.63) is 17.8 Å². The molecule has 0 fully saturated rings. The standard InChI is InChI=1S/3C4H9.Al/c3*1-4(2)3;/h3*1-3H3;. The van der Waals surface area contributed by atoms with Crippen LogP contribution in [0.4, 0.5) is 0 Å². The summed E-state index contributed by atoms with van der Waals surface area (Å²) in [6, 6.07) is 0. The highest BCUT2D eigenvalue weighted by molar-refractivity contribution is 5.75. The zero-order chi connectivity index (χ0) is 10.7. The lowest BCUT2D eigenvalue weighted by molar-refractivity contribution is 1.10. The molecule has 13 heavy (non-hydrogen) atoms. The van der Waals surface area contributed by atoms with Gasteiger partial charge in [0.1, 0.15) is 0 Å². The average Bonchev–Trinajstić information content (AvgIpc) is 1.54. The molecule has 0 atom stereocenters. The van der Waals surface area contributed by atoms with Crippen LogP contribution in [0.25, 0.3) is 0 Å². The Kier molecular flexibility index (Phi) is 33.0. The van der Waals surface area contributed by atoms with E-state index in [1.807, 2.05) is 0 Å². The van der Waals surface area contributed by atoms with Crippen molar-refractivity contribution in [1.82, 2.24) is 0 Å². The molecule has 0 aliphatic carbocycles. The maximum Gasteiger partial charge on any atom is 0 e. The minimum Gasteiger partial charge on any atom is -0.0597 e. The van der Waals surface area contributed by atoms with Crippen LogP contribution in [0.2, 0.25) is 0 Å². The summed E-state index contributed by atoms with van der Waals surface area (Å²) in [4.78, 5) is 0. The smallest absolute Gasteiger partial charge is 0 e. The highest BCUT2D eigenvalue weighted by Crippen LogP contribution is 1.85. The van der Waals surface area contributed by atoms with Gasteiger partial charge >= 0.3 is 0 Å². The summed E-state index contributed by atoms with van der Waals surface area (Å²) in [6.45, 7) is 18.8. The summed E-state index contributed by atoms with van der Waals surface area (Å²) in [5.74, 6) is 4.25. The van der Waals surface area contributed by atoms with Gasteiger partial charge in [0.25, 0.3) is 0 Å². The zero-order valence-corrected chi connectivity index (χ0v) is 12.2. The monoisotopic (exact) mass is 198 g/mol. The van der Waals surface area contributed by atoms with E-state index >= 15 is 0 Å². The first kappa shape index (κ1) is 23.4. The fraction of sp³-hybridized carbons (Fsp3) is 0.750. The largest absolute Gasteiger partial charge is 0.0597 e. The van der Waals surface area contributed by atoms with E-state index in [1.54, 1.807) is 0 Å². The molecule has 0 aliphatic heterocycles. The predicted octanol–water partition coefficient (Wildman–Crippen LogP) is 4.48. The van der Waals surface area contributed by atoms with Crippen LogP contribution in [-0.4, -0.2) is 17.4 Å². The molecule has 0 unspecified atom stereocenters. The van der Waals surface area contributed by atoms with Gasteiger partial charge in [-0.25, -0.2) is 0 Å². The molecule has 0 aromatic carbocycles. The maximum atomic E-state index is 2.08. The SMILES string of the molecule is C[C](C)C.C[C](C)C.C[C](C)C.[Al]. The molecule has 0 saturated heterocycles. The van der Waals surface area contributed by atoms with E-state index < -0.39 is 0 Å². The van der Waals surface area contributed by atoms with Crippen molar-refractivity contribution < 1.29 is 0 Å². The molecule has 0 amide bonds. The van der Waals surface area contributed by atoms with Gasteiger partial charge in [-0.15, -0.1) is 0 Å².